The molecule has 0 N–H and O–H groups in total. The van der Waals surface area contributed by atoms with E-state index in [9.17, 15) is 4.79 Å². The molecule has 5 heteroatoms. The maximum atomic E-state index is 11.2. The van der Waals surface area contributed by atoms with Crippen molar-refractivity contribution in [3.63, 3.8) is 0 Å². The van der Waals surface area contributed by atoms with Gasteiger partial charge in [0, 0.05) is 5.25 Å². The first-order valence-corrected chi connectivity index (χ1v) is 7.16. The molecule has 1 unspecified atom stereocenters. The van der Waals surface area contributed by atoms with Gasteiger partial charge in [-0.1, -0.05) is 18.0 Å². The van der Waals surface area contributed by atoms with Gasteiger partial charge in [-0.05, 0) is 26.7 Å². The topological polar surface area (TPSA) is 56.0 Å². The lowest BCUT2D eigenvalue weighted by Crippen LogP contribution is -2.04. The van der Waals surface area contributed by atoms with E-state index in [1.165, 1.54) is 25.7 Å². The Hall–Kier alpha value is -0.840. The quantitative estimate of drug-likeness (QED) is 0.808. The van der Waals surface area contributed by atoms with Crippen molar-refractivity contribution in [2.24, 2.45) is 0 Å². The average molecular weight is 254 g/mol. The normalized spacial score (nSPS) is 18.5. The molecule has 1 atom stereocenters. The molecule has 0 aliphatic heterocycles. The predicted molar refractivity (Wildman–Crippen MR) is 66.9 cm³/mol. The third kappa shape index (κ3) is 3.31. The fraction of sp³-hybridized carbons (Fsp3) is 0.750. The number of carbonyl (C=O) groups is 1. The molecule has 1 aromatic rings. The summed E-state index contributed by atoms with van der Waals surface area (Å²) >= 11 is 1.90. The van der Waals surface area contributed by atoms with E-state index in [4.69, 9.17) is 4.52 Å². The Balaban J connectivity index is 1.87. The zero-order valence-electron chi connectivity index (χ0n) is 10.3. The van der Waals surface area contributed by atoms with E-state index >= 15 is 0 Å². The highest BCUT2D eigenvalue weighted by atomic mass is 32.2. The fourth-order valence-electron chi connectivity index (χ4n) is 1.92. The smallest absolute Gasteiger partial charge is 0.236 e. The maximum absolute atomic E-state index is 11.2. The molecule has 0 saturated heterocycles. The molecule has 0 amide bonds. The van der Waals surface area contributed by atoms with Crippen LogP contribution in [0, 0.1) is 0 Å². The maximum Gasteiger partial charge on any atom is 0.236 e. The van der Waals surface area contributed by atoms with Gasteiger partial charge in [-0.25, -0.2) is 0 Å². The van der Waals surface area contributed by atoms with E-state index < -0.39 is 0 Å². The highest BCUT2D eigenvalue weighted by molar-refractivity contribution is 7.99. The first kappa shape index (κ1) is 12.6. The molecule has 17 heavy (non-hydrogen) atoms. The second-order valence-electron chi connectivity index (χ2n) is 4.60. The fourth-order valence-corrected chi connectivity index (χ4v) is 3.09. The van der Waals surface area contributed by atoms with Crippen molar-refractivity contribution in [2.45, 2.75) is 56.5 Å². The monoisotopic (exact) mass is 254 g/mol. The highest BCUT2D eigenvalue weighted by Gasteiger charge is 2.20. The Labute approximate surface area is 106 Å². The summed E-state index contributed by atoms with van der Waals surface area (Å²) in [4.78, 5) is 15.5. The lowest BCUT2D eigenvalue weighted by molar-refractivity contribution is -0.118. The Bertz CT molecular complexity index is 386. The van der Waals surface area contributed by atoms with Crippen molar-refractivity contribution < 1.29 is 9.32 Å². The molecule has 1 aromatic heterocycles. The molecule has 0 radical (unpaired) electrons. The van der Waals surface area contributed by atoms with Crippen molar-refractivity contribution in [1.82, 2.24) is 10.1 Å². The van der Waals surface area contributed by atoms with Crippen LogP contribution in [0.2, 0.25) is 0 Å². The molecule has 0 spiro atoms. The molecule has 94 valence electrons. The van der Waals surface area contributed by atoms with Gasteiger partial charge in [0.05, 0.1) is 11.7 Å². The molecule has 1 heterocycles. The number of carbonyl (C=O) groups excluding carboxylic acids is 1. The van der Waals surface area contributed by atoms with Crippen LogP contribution in [0.1, 0.15) is 57.2 Å². The van der Waals surface area contributed by atoms with Crippen LogP contribution in [-0.4, -0.2) is 21.2 Å². The van der Waals surface area contributed by atoms with Crippen molar-refractivity contribution in [1.29, 1.82) is 0 Å². The summed E-state index contributed by atoms with van der Waals surface area (Å²) in [6, 6.07) is 0. The molecule has 2 rings (SSSR count). The van der Waals surface area contributed by atoms with Gasteiger partial charge in [-0.3, -0.25) is 4.79 Å². The lowest BCUT2D eigenvalue weighted by Gasteiger charge is -2.05. The van der Waals surface area contributed by atoms with E-state index in [1.54, 1.807) is 13.8 Å². The van der Waals surface area contributed by atoms with Gasteiger partial charge in [-0.15, -0.1) is 0 Å². The van der Waals surface area contributed by atoms with Gasteiger partial charge < -0.3 is 4.52 Å². The van der Waals surface area contributed by atoms with Crippen LogP contribution in [0.15, 0.2) is 4.52 Å². The van der Waals surface area contributed by atoms with E-state index in [0.717, 1.165) is 11.0 Å². The van der Waals surface area contributed by atoms with Crippen LogP contribution in [-0.2, 0) is 10.5 Å². The largest absolute Gasteiger partial charge is 0.339 e. The van der Waals surface area contributed by atoms with Crippen molar-refractivity contribution in [2.75, 3.05) is 0 Å². The molecule has 1 aliphatic carbocycles. The Morgan fingerprint density at radius 2 is 2.24 bits per heavy atom. The van der Waals surface area contributed by atoms with Crippen molar-refractivity contribution in [3.8, 4) is 0 Å². The molecular weight excluding hydrogens is 236 g/mol. The number of hydrogen-bond donors (Lipinski definition) is 0. The van der Waals surface area contributed by atoms with Crippen LogP contribution in [0.5, 0.6) is 0 Å². The van der Waals surface area contributed by atoms with Crippen LogP contribution in [0.3, 0.4) is 0 Å². The minimum atomic E-state index is -0.285. The number of ketones is 1. The summed E-state index contributed by atoms with van der Waals surface area (Å²) in [5.41, 5.74) is 0. The first-order chi connectivity index (χ1) is 8.16. The Kier molecular flexibility index (Phi) is 4.20. The van der Waals surface area contributed by atoms with Gasteiger partial charge >= 0.3 is 0 Å². The standard InChI is InChI=1S/C12H18N2O2S/c1-8(9(2)15)12-13-11(14-16-12)7-17-10-5-3-4-6-10/h8,10H,3-7H2,1-2H3. The second-order valence-corrected chi connectivity index (χ2v) is 5.89. The molecule has 1 saturated carbocycles. The zero-order chi connectivity index (χ0) is 12.3. The van der Waals surface area contributed by atoms with E-state index in [0.29, 0.717) is 11.7 Å². The molecule has 0 bridgehead atoms. The van der Waals surface area contributed by atoms with Gasteiger partial charge in [0.25, 0.3) is 0 Å². The van der Waals surface area contributed by atoms with Gasteiger partial charge in [0.15, 0.2) is 5.82 Å². The van der Waals surface area contributed by atoms with E-state index in [1.807, 2.05) is 11.8 Å². The summed E-state index contributed by atoms with van der Waals surface area (Å²) in [6.07, 6.45) is 5.30. The summed E-state index contributed by atoms with van der Waals surface area (Å²) in [5, 5.41) is 4.67. The lowest BCUT2D eigenvalue weighted by atomic mass is 10.1. The second kappa shape index (κ2) is 5.67. The van der Waals surface area contributed by atoms with Crippen LogP contribution >= 0.6 is 11.8 Å². The molecule has 1 fully saturated rings. The van der Waals surface area contributed by atoms with Crippen molar-refractivity contribution >= 4 is 17.5 Å². The average Bonchev–Trinajstić information content (AvgIpc) is 2.96. The predicted octanol–water partition coefficient (Wildman–Crippen LogP) is 2.94. The number of hydrogen-bond acceptors (Lipinski definition) is 5. The van der Waals surface area contributed by atoms with Crippen LogP contribution in [0.25, 0.3) is 0 Å². The minimum absolute atomic E-state index is 0.0589. The van der Waals surface area contributed by atoms with E-state index in [-0.39, 0.29) is 11.7 Å². The van der Waals surface area contributed by atoms with Crippen LogP contribution < -0.4 is 0 Å². The van der Waals surface area contributed by atoms with Crippen molar-refractivity contribution in [3.05, 3.63) is 11.7 Å². The van der Waals surface area contributed by atoms with Gasteiger partial charge in [-0.2, -0.15) is 16.7 Å². The van der Waals surface area contributed by atoms with Gasteiger partial charge in [0.2, 0.25) is 5.89 Å². The SMILES string of the molecule is CC(=O)C(C)c1nc(CSC2CCCC2)no1. The third-order valence-electron chi connectivity index (χ3n) is 3.21. The summed E-state index contributed by atoms with van der Waals surface area (Å²) in [7, 11) is 0. The molecular formula is C12H18N2O2S. The van der Waals surface area contributed by atoms with Crippen LogP contribution in [0.4, 0.5) is 0 Å². The molecule has 1 aliphatic rings. The Morgan fingerprint density at radius 1 is 1.53 bits per heavy atom. The number of nitrogens with zero attached hydrogens (tertiary/aromatic N) is 2. The summed E-state index contributed by atoms with van der Waals surface area (Å²) in [6.45, 7) is 3.34. The van der Waals surface area contributed by atoms with Gasteiger partial charge in [0.1, 0.15) is 5.78 Å². The highest BCUT2D eigenvalue weighted by Crippen LogP contribution is 2.31. The molecule has 4 nitrogen and oxygen atoms in total. The number of rotatable bonds is 5. The summed E-state index contributed by atoms with van der Waals surface area (Å²) < 4.78 is 5.11. The van der Waals surface area contributed by atoms with E-state index in [2.05, 4.69) is 10.1 Å². The number of thioether (sulfide) groups is 1. The number of Topliss-reactive ketones (excluding diaryl/α,β-unsaturated/α-hetero) is 1. The Morgan fingerprint density at radius 3 is 2.88 bits per heavy atom. The third-order valence-corrected chi connectivity index (χ3v) is 4.58. The molecule has 0 aromatic carbocycles. The minimum Gasteiger partial charge on any atom is -0.339 e. The number of aromatic nitrogens is 2. The first-order valence-electron chi connectivity index (χ1n) is 6.11. The zero-order valence-corrected chi connectivity index (χ0v) is 11.1. The summed E-state index contributed by atoms with van der Waals surface area (Å²) in [5.74, 6) is 1.72.